The highest BCUT2D eigenvalue weighted by Gasteiger charge is 2.16. The lowest BCUT2D eigenvalue weighted by molar-refractivity contribution is 0.0958. The van der Waals surface area contributed by atoms with Crippen molar-refractivity contribution in [2.24, 2.45) is 5.10 Å². The highest BCUT2D eigenvalue weighted by atomic mass is 32.1. The van der Waals surface area contributed by atoms with Crippen LogP contribution in [0, 0.1) is 6.92 Å². The zero-order valence-electron chi connectivity index (χ0n) is 14.0. The molecule has 5 nitrogen and oxygen atoms in total. The summed E-state index contributed by atoms with van der Waals surface area (Å²) in [5.41, 5.74) is 12.3. The molecule has 0 aliphatic heterocycles. The molecule has 3 rings (SSSR count). The van der Waals surface area contributed by atoms with Crippen LogP contribution in [0.3, 0.4) is 0 Å². The van der Waals surface area contributed by atoms with Gasteiger partial charge in [0.15, 0.2) is 0 Å². The van der Waals surface area contributed by atoms with Gasteiger partial charge in [-0.15, -0.1) is 11.3 Å². The van der Waals surface area contributed by atoms with Crippen molar-refractivity contribution < 1.29 is 4.79 Å². The number of thiazole rings is 1. The van der Waals surface area contributed by atoms with Crippen molar-refractivity contribution >= 4 is 28.6 Å². The number of nitrogens with zero attached hydrogens (tertiary/aromatic N) is 2. The van der Waals surface area contributed by atoms with Crippen LogP contribution in [0.1, 0.15) is 27.9 Å². The van der Waals surface area contributed by atoms with Crippen LogP contribution < -0.4 is 11.2 Å². The standard InChI is InChI=1S/C19H18N4OS/c1-12(14-8-10-16(20)11-9-14)22-23-18(24)17-13(2)21-19(25-17)15-6-4-3-5-7-15/h3-11H,20H2,1-2H3,(H,23,24)/b22-12+. The second-order valence-electron chi connectivity index (χ2n) is 5.56. The number of hydrogen-bond donors (Lipinski definition) is 2. The Morgan fingerprint density at radius 2 is 1.80 bits per heavy atom. The van der Waals surface area contributed by atoms with E-state index >= 15 is 0 Å². The Morgan fingerprint density at radius 1 is 1.12 bits per heavy atom. The number of aromatic nitrogens is 1. The molecule has 0 unspecified atom stereocenters. The molecule has 1 heterocycles. The summed E-state index contributed by atoms with van der Waals surface area (Å²) in [6.07, 6.45) is 0. The maximum atomic E-state index is 12.4. The van der Waals surface area contributed by atoms with Gasteiger partial charge in [-0.1, -0.05) is 42.5 Å². The monoisotopic (exact) mass is 350 g/mol. The molecule has 1 amide bonds. The molecule has 0 aliphatic carbocycles. The number of carbonyl (C=O) groups excluding carboxylic acids is 1. The van der Waals surface area contributed by atoms with Crippen molar-refractivity contribution in [3.05, 3.63) is 70.7 Å². The number of hydrogen-bond acceptors (Lipinski definition) is 5. The fraction of sp³-hybridized carbons (Fsp3) is 0.105. The Morgan fingerprint density at radius 3 is 2.48 bits per heavy atom. The van der Waals surface area contributed by atoms with Crippen molar-refractivity contribution in [2.75, 3.05) is 5.73 Å². The van der Waals surface area contributed by atoms with E-state index in [-0.39, 0.29) is 5.91 Å². The lowest BCUT2D eigenvalue weighted by Crippen LogP contribution is -2.19. The maximum Gasteiger partial charge on any atom is 0.283 e. The molecule has 2 aromatic carbocycles. The quantitative estimate of drug-likeness (QED) is 0.426. The van der Waals surface area contributed by atoms with E-state index in [1.54, 1.807) is 12.1 Å². The summed E-state index contributed by atoms with van der Waals surface area (Å²) in [5.74, 6) is -0.257. The van der Waals surface area contributed by atoms with Crippen molar-refractivity contribution in [1.29, 1.82) is 0 Å². The minimum atomic E-state index is -0.257. The molecule has 0 saturated heterocycles. The van der Waals surface area contributed by atoms with Crippen LogP contribution in [0.5, 0.6) is 0 Å². The topological polar surface area (TPSA) is 80.4 Å². The number of nitrogens with one attached hydrogen (secondary N) is 1. The van der Waals surface area contributed by atoms with Crippen LogP contribution >= 0.6 is 11.3 Å². The molecule has 0 atom stereocenters. The summed E-state index contributed by atoms with van der Waals surface area (Å²) in [6, 6.07) is 17.1. The van der Waals surface area contributed by atoms with Crippen LogP contribution in [-0.2, 0) is 0 Å². The molecule has 3 N–H and O–H groups in total. The first-order valence-electron chi connectivity index (χ1n) is 7.78. The molecule has 0 fully saturated rings. The largest absolute Gasteiger partial charge is 0.399 e. The molecule has 0 saturated carbocycles. The number of aryl methyl sites for hydroxylation is 1. The number of rotatable bonds is 4. The Kier molecular flexibility index (Phi) is 4.90. The molecule has 0 radical (unpaired) electrons. The minimum absolute atomic E-state index is 0.257. The van der Waals surface area contributed by atoms with Gasteiger partial charge in [0.25, 0.3) is 5.91 Å². The number of carbonyl (C=O) groups is 1. The Labute approximate surface area is 150 Å². The third kappa shape index (κ3) is 3.92. The zero-order chi connectivity index (χ0) is 17.8. The van der Waals surface area contributed by atoms with E-state index in [1.165, 1.54) is 11.3 Å². The van der Waals surface area contributed by atoms with E-state index in [1.807, 2.05) is 56.3 Å². The van der Waals surface area contributed by atoms with E-state index in [2.05, 4.69) is 15.5 Å². The van der Waals surface area contributed by atoms with Crippen molar-refractivity contribution in [2.45, 2.75) is 13.8 Å². The van der Waals surface area contributed by atoms with Crippen molar-refractivity contribution in [1.82, 2.24) is 10.4 Å². The molecule has 25 heavy (non-hydrogen) atoms. The zero-order valence-corrected chi connectivity index (χ0v) is 14.8. The van der Waals surface area contributed by atoms with Crippen LogP contribution in [0.15, 0.2) is 59.7 Å². The first kappa shape index (κ1) is 16.9. The maximum absolute atomic E-state index is 12.4. The minimum Gasteiger partial charge on any atom is -0.399 e. The van der Waals surface area contributed by atoms with Crippen molar-refractivity contribution in [3.63, 3.8) is 0 Å². The summed E-state index contributed by atoms with van der Waals surface area (Å²) in [4.78, 5) is 17.5. The van der Waals surface area contributed by atoms with Gasteiger partial charge >= 0.3 is 0 Å². The summed E-state index contributed by atoms with van der Waals surface area (Å²) < 4.78 is 0. The molecule has 3 aromatic rings. The van der Waals surface area contributed by atoms with E-state index in [4.69, 9.17) is 5.73 Å². The predicted molar refractivity (Wildman–Crippen MR) is 103 cm³/mol. The molecular formula is C19H18N4OS. The van der Waals surface area contributed by atoms with Crippen LogP contribution in [0.25, 0.3) is 10.6 Å². The molecular weight excluding hydrogens is 332 g/mol. The second-order valence-corrected chi connectivity index (χ2v) is 6.56. The van der Waals surface area contributed by atoms with Gasteiger partial charge in [0, 0.05) is 11.3 Å². The van der Waals surface area contributed by atoms with Crippen molar-refractivity contribution in [3.8, 4) is 10.6 Å². The molecule has 6 heteroatoms. The molecule has 0 bridgehead atoms. The Bertz CT molecular complexity index is 914. The third-order valence-electron chi connectivity index (χ3n) is 3.68. The van der Waals surface area contributed by atoms with Gasteiger partial charge in [-0.25, -0.2) is 10.4 Å². The SMILES string of the molecule is C/C(=N\NC(=O)c1sc(-c2ccccc2)nc1C)c1ccc(N)cc1. The fourth-order valence-electron chi connectivity index (χ4n) is 2.29. The van der Waals surface area contributed by atoms with Gasteiger partial charge in [0.1, 0.15) is 9.88 Å². The molecule has 0 spiro atoms. The normalized spacial score (nSPS) is 11.4. The first-order valence-corrected chi connectivity index (χ1v) is 8.59. The molecule has 1 aromatic heterocycles. The number of amides is 1. The van der Waals surface area contributed by atoms with Gasteiger partial charge in [0.05, 0.1) is 11.4 Å². The summed E-state index contributed by atoms with van der Waals surface area (Å²) in [5, 5.41) is 5.00. The van der Waals surface area contributed by atoms with Gasteiger partial charge < -0.3 is 5.73 Å². The highest BCUT2D eigenvalue weighted by molar-refractivity contribution is 7.17. The fourth-order valence-corrected chi connectivity index (χ4v) is 3.25. The van der Waals surface area contributed by atoms with E-state index < -0.39 is 0 Å². The Hall–Kier alpha value is -2.99. The predicted octanol–water partition coefficient (Wildman–Crippen LogP) is 3.85. The summed E-state index contributed by atoms with van der Waals surface area (Å²) in [7, 11) is 0. The van der Waals surface area contributed by atoms with Crippen LogP contribution in [-0.4, -0.2) is 16.6 Å². The van der Waals surface area contributed by atoms with Gasteiger partial charge in [-0.05, 0) is 31.5 Å². The first-order chi connectivity index (χ1) is 12.0. The number of anilines is 1. The number of nitrogen functional groups attached to an aromatic ring is 1. The summed E-state index contributed by atoms with van der Waals surface area (Å²) in [6.45, 7) is 3.66. The van der Waals surface area contributed by atoms with E-state index in [9.17, 15) is 4.79 Å². The summed E-state index contributed by atoms with van der Waals surface area (Å²) >= 11 is 1.36. The third-order valence-corrected chi connectivity index (χ3v) is 4.88. The highest BCUT2D eigenvalue weighted by Crippen LogP contribution is 2.27. The van der Waals surface area contributed by atoms with E-state index in [0.717, 1.165) is 16.1 Å². The van der Waals surface area contributed by atoms with E-state index in [0.29, 0.717) is 22.0 Å². The smallest absolute Gasteiger partial charge is 0.283 e. The van der Waals surface area contributed by atoms with Gasteiger partial charge in [0.2, 0.25) is 0 Å². The molecule has 0 aliphatic rings. The average molecular weight is 350 g/mol. The van der Waals surface area contributed by atoms with Gasteiger partial charge in [-0.3, -0.25) is 4.79 Å². The second kappa shape index (κ2) is 7.27. The Balaban J connectivity index is 1.76. The number of hydrazone groups is 1. The van der Waals surface area contributed by atoms with Crippen LogP contribution in [0.2, 0.25) is 0 Å². The lowest BCUT2D eigenvalue weighted by Gasteiger charge is -2.02. The average Bonchev–Trinajstić information content (AvgIpc) is 3.02. The molecule has 126 valence electrons. The lowest BCUT2D eigenvalue weighted by atomic mass is 10.1. The number of nitrogens with two attached hydrogens (primary N) is 1. The number of benzene rings is 2. The van der Waals surface area contributed by atoms with Crippen LogP contribution in [0.4, 0.5) is 5.69 Å². The van der Waals surface area contributed by atoms with Gasteiger partial charge in [-0.2, -0.15) is 5.10 Å².